The first-order valence-electron chi connectivity index (χ1n) is 8.63. The molecule has 3 rings (SSSR count). The fourth-order valence-corrected chi connectivity index (χ4v) is 3.01. The van der Waals surface area contributed by atoms with Crippen molar-refractivity contribution in [3.63, 3.8) is 0 Å². The SMILES string of the molecule is Cc1cc(C(=O)COC(=O)c2ccccc2F)c(C)n1Cc1ccccc1. The molecule has 0 aliphatic rings. The van der Waals surface area contributed by atoms with Gasteiger partial charge in [0.2, 0.25) is 5.78 Å². The Labute approximate surface area is 157 Å². The van der Waals surface area contributed by atoms with Crippen LogP contribution in [0.15, 0.2) is 60.7 Å². The van der Waals surface area contributed by atoms with E-state index in [-0.39, 0.29) is 11.3 Å². The van der Waals surface area contributed by atoms with Crippen molar-refractivity contribution in [3.8, 4) is 0 Å². The number of esters is 1. The first-order chi connectivity index (χ1) is 13.0. The molecule has 0 saturated carbocycles. The average Bonchev–Trinajstić information content (AvgIpc) is 2.95. The van der Waals surface area contributed by atoms with Gasteiger partial charge in [-0.1, -0.05) is 42.5 Å². The number of benzene rings is 2. The summed E-state index contributed by atoms with van der Waals surface area (Å²) in [6, 6.07) is 17.3. The summed E-state index contributed by atoms with van der Waals surface area (Å²) in [5.41, 5.74) is 3.21. The van der Waals surface area contributed by atoms with E-state index in [1.165, 1.54) is 18.2 Å². The van der Waals surface area contributed by atoms with E-state index in [1.807, 2.05) is 48.7 Å². The van der Waals surface area contributed by atoms with Crippen LogP contribution in [0.4, 0.5) is 4.39 Å². The van der Waals surface area contributed by atoms with Gasteiger partial charge in [-0.25, -0.2) is 9.18 Å². The number of nitrogens with zero attached hydrogens (tertiary/aromatic N) is 1. The van der Waals surface area contributed by atoms with Crippen LogP contribution in [0.2, 0.25) is 0 Å². The quantitative estimate of drug-likeness (QED) is 0.482. The molecule has 0 aliphatic heterocycles. The molecule has 2 aromatic carbocycles. The van der Waals surface area contributed by atoms with Crippen LogP contribution in [0, 0.1) is 19.7 Å². The van der Waals surface area contributed by atoms with Gasteiger partial charge in [0.25, 0.3) is 0 Å². The first kappa shape index (κ1) is 18.6. The predicted octanol–water partition coefficient (Wildman–Crippen LogP) is 4.33. The number of aryl methyl sites for hydroxylation is 1. The molecule has 0 N–H and O–H groups in total. The van der Waals surface area contributed by atoms with Gasteiger partial charge in [0, 0.05) is 23.5 Å². The second-order valence-corrected chi connectivity index (χ2v) is 6.34. The number of hydrogen-bond acceptors (Lipinski definition) is 3. The number of carbonyl (C=O) groups is 2. The van der Waals surface area contributed by atoms with Gasteiger partial charge in [0.15, 0.2) is 6.61 Å². The van der Waals surface area contributed by atoms with Crippen molar-refractivity contribution in [2.45, 2.75) is 20.4 Å². The van der Waals surface area contributed by atoms with Gasteiger partial charge in [-0.15, -0.1) is 0 Å². The van der Waals surface area contributed by atoms with Gasteiger partial charge in [-0.2, -0.15) is 0 Å². The smallest absolute Gasteiger partial charge is 0.341 e. The zero-order valence-electron chi connectivity index (χ0n) is 15.2. The summed E-state index contributed by atoms with van der Waals surface area (Å²) in [6.45, 7) is 4.02. The predicted molar refractivity (Wildman–Crippen MR) is 100 cm³/mol. The van der Waals surface area contributed by atoms with Crippen molar-refractivity contribution in [2.75, 3.05) is 6.61 Å². The molecule has 27 heavy (non-hydrogen) atoms. The van der Waals surface area contributed by atoms with E-state index in [0.29, 0.717) is 12.1 Å². The van der Waals surface area contributed by atoms with Crippen LogP contribution in [0.1, 0.15) is 37.7 Å². The maximum Gasteiger partial charge on any atom is 0.341 e. The van der Waals surface area contributed by atoms with Crippen molar-refractivity contribution in [1.82, 2.24) is 4.57 Å². The molecule has 0 aliphatic carbocycles. The molecule has 0 atom stereocenters. The van der Waals surface area contributed by atoms with E-state index in [1.54, 1.807) is 12.1 Å². The Kier molecular flexibility index (Phi) is 5.50. The molecule has 0 spiro atoms. The summed E-state index contributed by atoms with van der Waals surface area (Å²) in [7, 11) is 0. The monoisotopic (exact) mass is 365 g/mol. The Morgan fingerprint density at radius 2 is 1.63 bits per heavy atom. The minimum absolute atomic E-state index is 0.181. The lowest BCUT2D eigenvalue weighted by Gasteiger charge is -2.10. The summed E-state index contributed by atoms with van der Waals surface area (Å²) in [4.78, 5) is 24.5. The summed E-state index contributed by atoms with van der Waals surface area (Å²) in [6.07, 6.45) is 0. The number of halogens is 1. The van der Waals surface area contributed by atoms with E-state index in [4.69, 9.17) is 4.74 Å². The first-order valence-corrected chi connectivity index (χ1v) is 8.63. The van der Waals surface area contributed by atoms with Gasteiger partial charge < -0.3 is 9.30 Å². The lowest BCUT2D eigenvalue weighted by atomic mass is 10.1. The van der Waals surface area contributed by atoms with Gasteiger partial charge in [0.1, 0.15) is 5.82 Å². The molecule has 0 radical (unpaired) electrons. The number of rotatable bonds is 6. The standard InChI is InChI=1S/C22H20FNO3/c1-15-12-19(16(2)24(15)13-17-8-4-3-5-9-17)21(25)14-27-22(26)18-10-6-7-11-20(18)23/h3-12H,13-14H2,1-2H3. The fraction of sp³-hybridized carbons (Fsp3) is 0.182. The minimum atomic E-state index is -0.848. The van der Waals surface area contributed by atoms with Crippen LogP contribution in [-0.4, -0.2) is 22.9 Å². The fourth-order valence-electron chi connectivity index (χ4n) is 3.01. The van der Waals surface area contributed by atoms with Gasteiger partial charge in [-0.05, 0) is 37.6 Å². The number of ketones is 1. The van der Waals surface area contributed by atoms with Crippen molar-refractivity contribution in [1.29, 1.82) is 0 Å². The van der Waals surface area contributed by atoms with Gasteiger partial charge in [0.05, 0.1) is 5.56 Å². The second-order valence-electron chi connectivity index (χ2n) is 6.34. The topological polar surface area (TPSA) is 48.3 Å². The Morgan fingerprint density at radius 3 is 2.33 bits per heavy atom. The maximum absolute atomic E-state index is 13.6. The van der Waals surface area contributed by atoms with E-state index in [9.17, 15) is 14.0 Å². The average molecular weight is 365 g/mol. The Morgan fingerprint density at radius 1 is 0.963 bits per heavy atom. The number of Topliss-reactive ketones (excluding diaryl/α,β-unsaturated/α-hetero) is 1. The van der Waals surface area contributed by atoms with Crippen LogP contribution < -0.4 is 0 Å². The van der Waals surface area contributed by atoms with E-state index < -0.39 is 18.4 Å². The maximum atomic E-state index is 13.6. The van der Waals surface area contributed by atoms with Crippen LogP contribution >= 0.6 is 0 Å². The molecule has 0 bridgehead atoms. The Bertz CT molecular complexity index is 976. The highest BCUT2D eigenvalue weighted by Crippen LogP contribution is 2.18. The molecule has 4 nitrogen and oxygen atoms in total. The normalized spacial score (nSPS) is 10.6. The second kappa shape index (κ2) is 7.99. The highest BCUT2D eigenvalue weighted by atomic mass is 19.1. The minimum Gasteiger partial charge on any atom is -0.454 e. The van der Waals surface area contributed by atoms with Crippen molar-refractivity contribution >= 4 is 11.8 Å². The van der Waals surface area contributed by atoms with Gasteiger partial charge >= 0.3 is 5.97 Å². The lowest BCUT2D eigenvalue weighted by Crippen LogP contribution is -2.16. The van der Waals surface area contributed by atoms with Crippen molar-refractivity contribution < 1.29 is 18.7 Å². The summed E-state index contributed by atoms with van der Waals surface area (Å²) < 4.78 is 20.7. The highest BCUT2D eigenvalue weighted by Gasteiger charge is 2.19. The summed E-state index contributed by atoms with van der Waals surface area (Å²) in [5, 5.41) is 0. The van der Waals surface area contributed by atoms with Crippen LogP contribution in [0.5, 0.6) is 0 Å². The van der Waals surface area contributed by atoms with Crippen LogP contribution in [-0.2, 0) is 11.3 Å². The van der Waals surface area contributed by atoms with Crippen molar-refractivity contribution in [2.24, 2.45) is 0 Å². The molecule has 1 aromatic heterocycles. The molecule has 3 aromatic rings. The molecular formula is C22H20FNO3. The highest BCUT2D eigenvalue weighted by molar-refractivity contribution is 6.00. The number of carbonyl (C=O) groups excluding carboxylic acids is 2. The molecule has 0 fully saturated rings. The Hall–Kier alpha value is -3.21. The third-order valence-corrected chi connectivity index (χ3v) is 4.49. The van der Waals surface area contributed by atoms with E-state index in [2.05, 4.69) is 0 Å². The third-order valence-electron chi connectivity index (χ3n) is 4.49. The van der Waals surface area contributed by atoms with Crippen LogP contribution in [0.3, 0.4) is 0 Å². The molecule has 0 saturated heterocycles. The molecular weight excluding hydrogens is 345 g/mol. The molecule has 5 heteroatoms. The van der Waals surface area contributed by atoms with E-state index >= 15 is 0 Å². The largest absolute Gasteiger partial charge is 0.454 e. The lowest BCUT2D eigenvalue weighted by molar-refractivity contribution is 0.0470. The number of aromatic nitrogens is 1. The third kappa shape index (κ3) is 4.14. The summed E-state index contributed by atoms with van der Waals surface area (Å²) >= 11 is 0. The van der Waals surface area contributed by atoms with Gasteiger partial charge in [-0.3, -0.25) is 4.79 Å². The molecule has 138 valence electrons. The molecule has 1 heterocycles. The summed E-state index contributed by atoms with van der Waals surface area (Å²) in [5.74, 6) is -1.83. The zero-order chi connectivity index (χ0) is 19.4. The van der Waals surface area contributed by atoms with Crippen LogP contribution in [0.25, 0.3) is 0 Å². The zero-order valence-corrected chi connectivity index (χ0v) is 15.2. The Balaban J connectivity index is 1.71. The van der Waals surface area contributed by atoms with Crippen molar-refractivity contribution in [3.05, 3.63) is 94.6 Å². The molecule has 0 amide bonds. The number of hydrogen-bond donors (Lipinski definition) is 0. The number of ether oxygens (including phenoxy) is 1. The molecule has 0 unspecified atom stereocenters. The van der Waals surface area contributed by atoms with E-state index in [0.717, 1.165) is 17.0 Å².